The van der Waals surface area contributed by atoms with Crippen molar-refractivity contribution in [3.8, 4) is 9.88 Å². The van der Waals surface area contributed by atoms with E-state index in [1.54, 1.807) is 16.7 Å². The summed E-state index contributed by atoms with van der Waals surface area (Å²) in [4.78, 5) is 17.4. The van der Waals surface area contributed by atoms with Gasteiger partial charge in [-0.1, -0.05) is 6.07 Å². The number of hydrogen-bond acceptors (Lipinski definition) is 5. The van der Waals surface area contributed by atoms with Gasteiger partial charge in [-0.3, -0.25) is 4.79 Å². The number of amides is 1. The summed E-state index contributed by atoms with van der Waals surface area (Å²) >= 11 is 3.09. The minimum atomic E-state index is -0.149. The predicted octanol–water partition coefficient (Wildman–Crippen LogP) is 2.76. The predicted molar refractivity (Wildman–Crippen MR) is 78.7 cm³/mol. The molecule has 0 aliphatic rings. The minimum absolute atomic E-state index is 0.0477. The standard InChI is InChI=1S/C13H16N2O2S2/c1-9(4-2-6-16)14-12(17)10-8-19-13(15-10)11-5-3-7-18-11/h3,5,7-9,16H,2,4,6H2,1H3,(H,14,17). The Morgan fingerprint density at radius 2 is 2.37 bits per heavy atom. The number of thiazole rings is 1. The summed E-state index contributed by atoms with van der Waals surface area (Å²) in [5, 5.41) is 16.3. The number of aliphatic hydroxyl groups is 1. The molecule has 0 saturated carbocycles. The molecule has 1 atom stereocenters. The highest BCUT2D eigenvalue weighted by molar-refractivity contribution is 7.20. The normalized spacial score (nSPS) is 12.3. The molecule has 1 unspecified atom stereocenters. The molecule has 0 bridgehead atoms. The summed E-state index contributed by atoms with van der Waals surface area (Å²) in [5.74, 6) is -0.149. The number of carbonyl (C=O) groups excluding carboxylic acids is 1. The lowest BCUT2D eigenvalue weighted by Gasteiger charge is -2.11. The molecule has 0 aromatic carbocycles. The Kier molecular flexibility index (Phi) is 5.07. The molecule has 2 heterocycles. The van der Waals surface area contributed by atoms with E-state index in [1.165, 1.54) is 11.3 Å². The second kappa shape index (κ2) is 6.79. The Balaban J connectivity index is 1.96. The molecule has 0 aliphatic heterocycles. The molecule has 4 nitrogen and oxygen atoms in total. The van der Waals surface area contributed by atoms with Crippen molar-refractivity contribution in [2.45, 2.75) is 25.8 Å². The van der Waals surface area contributed by atoms with E-state index in [-0.39, 0.29) is 18.6 Å². The first-order chi connectivity index (χ1) is 9.20. The monoisotopic (exact) mass is 296 g/mol. The highest BCUT2D eigenvalue weighted by atomic mass is 32.1. The third-order valence-electron chi connectivity index (χ3n) is 2.64. The van der Waals surface area contributed by atoms with Crippen LogP contribution in [0.5, 0.6) is 0 Å². The molecule has 102 valence electrons. The summed E-state index contributed by atoms with van der Waals surface area (Å²) in [6.45, 7) is 2.08. The maximum Gasteiger partial charge on any atom is 0.270 e. The van der Waals surface area contributed by atoms with E-state index in [2.05, 4.69) is 10.3 Å². The van der Waals surface area contributed by atoms with E-state index < -0.39 is 0 Å². The SMILES string of the molecule is CC(CCCO)NC(=O)c1csc(-c2cccs2)n1. The van der Waals surface area contributed by atoms with Crippen LogP contribution < -0.4 is 5.32 Å². The summed E-state index contributed by atoms with van der Waals surface area (Å²) < 4.78 is 0. The van der Waals surface area contributed by atoms with Gasteiger partial charge in [-0.2, -0.15) is 0 Å². The van der Waals surface area contributed by atoms with Gasteiger partial charge in [0.15, 0.2) is 0 Å². The van der Waals surface area contributed by atoms with Gasteiger partial charge in [0.1, 0.15) is 10.7 Å². The van der Waals surface area contributed by atoms with E-state index in [0.717, 1.165) is 16.3 Å². The fourth-order valence-electron chi connectivity index (χ4n) is 1.66. The van der Waals surface area contributed by atoms with Crippen molar-refractivity contribution in [2.75, 3.05) is 6.61 Å². The Bertz CT molecular complexity index is 522. The van der Waals surface area contributed by atoms with Crippen molar-refractivity contribution in [3.63, 3.8) is 0 Å². The first kappa shape index (κ1) is 14.2. The number of aromatic nitrogens is 1. The smallest absolute Gasteiger partial charge is 0.270 e. The molecule has 1 amide bonds. The molecule has 2 aromatic rings. The average molecular weight is 296 g/mol. The summed E-state index contributed by atoms with van der Waals surface area (Å²) in [5.41, 5.74) is 0.462. The number of rotatable bonds is 6. The average Bonchev–Trinajstić information content (AvgIpc) is 3.05. The van der Waals surface area contributed by atoms with Crippen LogP contribution >= 0.6 is 22.7 Å². The molecule has 19 heavy (non-hydrogen) atoms. The number of nitrogens with zero attached hydrogens (tertiary/aromatic N) is 1. The lowest BCUT2D eigenvalue weighted by atomic mass is 10.2. The van der Waals surface area contributed by atoms with Gasteiger partial charge in [0, 0.05) is 18.0 Å². The van der Waals surface area contributed by atoms with E-state index in [0.29, 0.717) is 12.1 Å². The zero-order chi connectivity index (χ0) is 13.7. The first-order valence-electron chi connectivity index (χ1n) is 6.12. The Morgan fingerprint density at radius 3 is 3.05 bits per heavy atom. The highest BCUT2D eigenvalue weighted by Crippen LogP contribution is 2.27. The Labute approximate surface area is 120 Å². The molecule has 6 heteroatoms. The fraction of sp³-hybridized carbons (Fsp3) is 0.385. The van der Waals surface area contributed by atoms with E-state index in [9.17, 15) is 4.79 Å². The van der Waals surface area contributed by atoms with Crippen molar-refractivity contribution in [2.24, 2.45) is 0 Å². The van der Waals surface area contributed by atoms with Crippen molar-refractivity contribution in [1.29, 1.82) is 0 Å². The number of hydrogen-bond donors (Lipinski definition) is 2. The van der Waals surface area contributed by atoms with Gasteiger partial charge in [0.05, 0.1) is 4.88 Å². The lowest BCUT2D eigenvalue weighted by Crippen LogP contribution is -2.32. The van der Waals surface area contributed by atoms with Crippen LogP contribution in [0, 0.1) is 0 Å². The van der Waals surface area contributed by atoms with E-state index >= 15 is 0 Å². The maximum atomic E-state index is 12.0. The van der Waals surface area contributed by atoms with E-state index in [4.69, 9.17) is 5.11 Å². The fourth-order valence-corrected chi connectivity index (χ4v) is 3.27. The Morgan fingerprint density at radius 1 is 1.53 bits per heavy atom. The van der Waals surface area contributed by atoms with Gasteiger partial charge >= 0.3 is 0 Å². The van der Waals surface area contributed by atoms with Crippen LogP contribution in [-0.2, 0) is 0 Å². The first-order valence-corrected chi connectivity index (χ1v) is 7.87. The van der Waals surface area contributed by atoms with Crippen molar-refractivity contribution in [1.82, 2.24) is 10.3 Å². The minimum Gasteiger partial charge on any atom is -0.396 e. The van der Waals surface area contributed by atoms with Crippen LogP contribution in [-0.4, -0.2) is 28.6 Å². The maximum absolute atomic E-state index is 12.0. The van der Waals surface area contributed by atoms with Crippen LogP contribution in [0.15, 0.2) is 22.9 Å². The molecular formula is C13H16N2O2S2. The van der Waals surface area contributed by atoms with Crippen molar-refractivity contribution >= 4 is 28.6 Å². The zero-order valence-corrected chi connectivity index (χ0v) is 12.3. The van der Waals surface area contributed by atoms with Gasteiger partial charge in [0.2, 0.25) is 0 Å². The molecule has 0 aliphatic carbocycles. The molecule has 0 spiro atoms. The number of thiophene rings is 1. The molecule has 0 radical (unpaired) electrons. The highest BCUT2D eigenvalue weighted by Gasteiger charge is 2.14. The number of carbonyl (C=O) groups is 1. The third-order valence-corrected chi connectivity index (χ3v) is 4.52. The number of aliphatic hydroxyl groups excluding tert-OH is 1. The van der Waals surface area contributed by atoms with Crippen LogP contribution in [0.4, 0.5) is 0 Å². The second-order valence-electron chi connectivity index (χ2n) is 4.26. The van der Waals surface area contributed by atoms with Crippen molar-refractivity contribution in [3.05, 3.63) is 28.6 Å². The van der Waals surface area contributed by atoms with Gasteiger partial charge in [-0.25, -0.2) is 4.98 Å². The topological polar surface area (TPSA) is 62.2 Å². The summed E-state index contributed by atoms with van der Waals surface area (Å²) in [6, 6.07) is 4.01. The van der Waals surface area contributed by atoms with Gasteiger partial charge < -0.3 is 10.4 Å². The quantitative estimate of drug-likeness (QED) is 0.861. The second-order valence-corrected chi connectivity index (χ2v) is 6.06. The Hall–Kier alpha value is -1.24. The van der Waals surface area contributed by atoms with Crippen LogP contribution in [0.2, 0.25) is 0 Å². The molecular weight excluding hydrogens is 280 g/mol. The molecule has 2 aromatic heterocycles. The van der Waals surface area contributed by atoms with Crippen LogP contribution in [0.1, 0.15) is 30.3 Å². The van der Waals surface area contributed by atoms with Gasteiger partial charge in [0.25, 0.3) is 5.91 Å². The summed E-state index contributed by atoms with van der Waals surface area (Å²) in [7, 11) is 0. The van der Waals surface area contributed by atoms with Crippen molar-refractivity contribution < 1.29 is 9.90 Å². The lowest BCUT2D eigenvalue weighted by molar-refractivity contribution is 0.0932. The molecule has 2 N–H and O–H groups in total. The molecule has 2 rings (SSSR count). The third kappa shape index (κ3) is 3.86. The summed E-state index contributed by atoms with van der Waals surface area (Å²) in [6.07, 6.45) is 1.46. The van der Waals surface area contributed by atoms with Crippen LogP contribution in [0.25, 0.3) is 9.88 Å². The zero-order valence-electron chi connectivity index (χ0n) is 10.6. The van der Waals surface area contributed by atoms with Gasteiger partial charge in [-0.15, -0.1) is 22.7 Å². The van der Waals surface area contributed by atoms with Gasteiger partial charge in [-0.05, 0) is 31.2 Å². The number of nitrogens with one attached hydrogen (secondary N) is 1. The van der Waals surface area contributed by atoms with Crippen LogP contribution in [0.3, 0.4) is 0 Å². The largest absolute Gasteiger partial charge is 0.396 e. The molecule has 0 saturated heterocycles. The van der Waals surface area contributed by atoms with E-state index in [1.807, 2.05) is 24.4 Å². The molecule has 0 fully saturated rings.